The van der Waals surface area contributed by atoms with Crippen LogP contribution in [-0.4, -0.2) is 27.6 Å². The summed E-state index contributed by atoms with van der Waals surface area (Å²) >= 11 is 3.45. The molecule has 0 saturated heterocycles. The Morgan fingerprint density at radius 1 is 1.29 bits per heavy atom. The van der Waals surface area contributed by atoms with Crippen molar-refractivity contribution >= 4 is 22.7 Å². The van der Waals surface area contributed by atoms with Crippen LogP contribution in [0.3, 0.4) is 0 Å². The molecule has 2 aromatic rings. The van der Waals surface area contributed by atoms with Crippen molar-refractivity contribution in [2.24, 2.45) is 0 Å². The zero-order valence-electron chi connectivity index (χ0n) is 13.0. The predicted molar refractivity (Wildman–Crippen MR) is 90.9 cm³/mol. The van der Waals surface area contributed by atoms with Gasteiger partial charge in [0.15, 0.2) is 0 Å². The second kappa shape index (κ2) is 8.03. The van der Waals surface area contributed by atoms with Gasteiger partial charge in [0.2, 0.25) is 0 Å². The van der Waals surface area contributed by atoms with Crippen molar-refractivity contribution in [3.63, 3.8) is 0 Å². The van der Waals surface area contributed by atoms with Crippen molar-refractivity contribution in [1.29, 1.82) is 0 Å². The van der Waals surface area contributed by atoms with E-state index in [9.17, 15) is 5.11 Å². The van der Waals surface area contributed by atoms with Crippen LogP contribution in [0, 0.1) is 0 Å². The number of nitrogens with zero attached hydrogens (tertiary/aromatic N) is 2. The largest absolute Gasteiger partial charge is 0.395 e. The average Bonchev–Trinajstić information content (AvgIpc) is 3.11. The van der Waals surface area contributed by atoms with Crippen LogP contribution in [0.4, 0.5) is 0 Å². The van der Waals surface area contributed by atoms with Gasteiger partial charge in [0, 0.05) is 18.0 Å². The van der Waals surface area contributed by atoms with E-state index < -0.39 is 0 Å². The maximum absolute atomic E-state index is 9.64. The Morgan fingerprint density at radius 3 is 2.62 bits per heavy atom. The van der Waals surface area contributed by atoms with E-state index in [1.54, 1.807) is 22.7 Å². The molecule has 0 spiro atoms. The molecule has 5 heteroatoms. The Hall–Kier alpha value is -0.750. The monoisotopic (exact) mass is 324 g/mol. The fourth-order valence-electron chi connectivity index (χ4n) is 2.27. The fourth-order valence-corrected chi connectivity index (χ4v) is 3.91. The topological polar surface area (TPSA) is 36.4 Å². The molecule has 0 radical (unpaired) electrons. The Labute approximate surface area is 135 Å². The SMILES string of the molecule is CC[C@H](CO)N(Cc1ccsc1)Cc1nc(C(C)C)cs1. The summed E-state index contributed by atoms with van der Waals surface area (Å²) in [6.45, 7) is 8.35. The molecule has 21 heavy (non-hydrogen) atoms. The van der Waals surface area contributed by atoms with Gasteiger partial charge in [-0.05, 0) is 34.7 Å². The van der Waals surface area contributed by atoms with Gasteiger partial charge in [-0.15, -0.1) is 11.3 Å². The predicted octanol–water partition coefficient (Wildman–Crippen LogP) is 4.10. The first-order valence-corrected chi connectivity index (χ1v) is 9.26. The third kappa shape index (κ3) is 4.61. The highest BCUT2D eigenvalue weighted by molar-refractivity contribution is 7.09. The van der Waals surface area contributed by atoms with Crippen LogP contribution in [-0.2, 0) is 13.1 Å². The van der Waals surface area contributed by atoms with E-state index >= 15 is 0 Å². The molecule has 3 nitrogen and oxygen atoms in total. The van der Waals surface area contributed by atoms with E-state index in [4.69, 9.17) is 4.98 Å². The maximum Gasteiger partial charge on any atom is 0.107 e. The number of thiophene rings is 1. The van der Waals surface area contributed by atoms with Crippen LogP contribution in [0.15, 0.2) is 22.2 Å². The molecule has 0 amide bonds. The van der Waals surface area contributed by atoms with Crippen molar-refractivity contribution in [1.82, 2.24) is 9.88 Å². The summed E-state index contributed by atoms with van der Waals surface area (Å²) in [5.74, 6) is 0.472. The number of hydrogen-bond donors (Lipinski definition) is 1. The quantitative estimate of drug-likeness (QED) is 0.794. The lowest BCUT2D eigenvalue weighted by Crippen LogP contribution is -2.36. The lowest BCUT2D eigenvalue weighted by Gasteiger charge is -2.28. The first-order valence-electron chi connectivity index (χ1n) is 7.44. The molecular formula is C16H24N2OS2. The summed E-state index contributed by atoms with van der Waals surface area (Å²) < 4.78 is 0. The van der Waals surface area contributed by atoms with Crippen molar-refractivity contribution in [2.75, 3.05) is 6.61 Å². The highest BCUT2D eigenvalue weighted by Gasteiger charge is 2.19. The molecule has 2 heterocycles. The normalized spacial score (nSPS) is 13.2. The van der Waals surface area contributed by atoms with Crippen LogP contribution < -0.4 is 0 Å². The van der Waals surface area contributed by atoms with Crippen LogP contribution in [0.5, 0.6) is 0 Å². The van der Waals surface area contributed by atoms with E-state index in [2.05, 4.69) is 47.9 Å². The number of hydrogen-bond acceptors (Lipinski definition) is 5. The molecule has 0 saturated carbocycles. The van der Waals surface area contributed by atoms with E-state index in [1.807, 2.05) is 0 Å². The molecule has 2 aromatic heterocycles. The Kier molecular flexibility index (Phi) is 6.36. The molecule has 0 unspecified atom stereocenters. The molecule has 0 aromatic carbocycles. The first kappa shape index (κ1) is 16.6. The van der Waals surface area contributed by atoms with Crippen molar-refractivity contribution < 1.29 is 5.11 Å². The Balaban J connectivity index is 2.10. The molecule has 0 fully saturated rings. The molecule has 1 N–H and O–H groups in total. The molecule has 0 aliphatic heterocycles. The van der Waals surface area contributed by atoms with Crippen molar-refractivity contribution in [3.8, 4) is 0 Å². The van der Waals surface area contributed by atoms with Gasteiger partial charge in [-0.25, -0.2) is 4.98 Å². The summed E-state index contributed by atoms with van der Waals surface area (Å²) in [6.07, 6.45) is 0.947. The second-order valence-corrected chi connectivity index (χ2v) is 7.32. The smallest absolute Gasteiger partial charge is 0.107 e. The summed E-state index contributed by atoms with van der Waals surface area (Å²) in [5, 5.41) is 17.2. The van der Waals surface area contributed by atoms with Crippen LogP contribution in [0.2, 0.25) is 0 Å². The van der Waals surface area contributed by atoms with Crippen molar-refractivity contribution in [3.05, 3.63) is 38.5 Å². The van der Waals surface area contributed by atoms with Gasteiger partial charge in [-0.1, -0.05) is 20.8 Å². The van der Waals surface area contributed by atoms with E-state index in [0.29, 0.717) is 5.92 Å². The van der Waals surface area contributed by atoms with Crippen molar-refractivity contribution in [2.45, 2.75) is 52.2 Å². The highest BCUT2D eigenvalue weighted by atomic mass is 32.1. The van der Waals surface area contributed by atoms with Gasteiger partial charge in [0.1, 0.15) is 5.01 Å². The van der Waals surface area contributed by atoms with E-state index in [1.165, 1.54) is 11.3 Å². The molecule has 0 aliphatic carbocycles. The summed E-state index contributed by atoms with van der Waals surface area (Å²) in [7, 11) is 0. The number of rotatable bonds is 8. The van der Waals surface area contributed by atoms with E-state index in [0.717, 1.165) is 24.5 Å². The molecular weight excluding hydrogens is 300 g/mol. The number of aromatic nitrogens is 1. The van der Waals surface area contributed by atoms with Gasteiger partial charge in [-0.3, -0.25) is 4.90 Å². The standard InChI is InChI=1S/C16H24N2OS2/c1-4-14(9-19)18(7-13-5-6-20-10-13)8-16-17-15(11-21-16)12(2)3/h5-6,10-12,14,19H,4,7-9H2,1-3H3/t14-/m1/s1. The van der Waals surface area contributed by atoms with Gasteiger partial charge in [0.25, 0.3) is 0 Å². The fraction of sp³-hybridized carbons (Fsp3) is 0.562. The minimum absolute atomic E-state index is 0.191. The Morgan fingerprint density at radius 2 is 2.10 bits per heavy atom. The Bertz CT molecular complexity index is 518. The molecule has 2 rings (SSSR count). The number of thiazole rings is 1. The number of aliphatic hydroxyl groups is 1. The summed E-state index contributed by atoms with van der Waals surface area (Å²) in [5.41, 5.74) is 2.48. The molecule has 116 valence electrons. The second-order valence-electron chi connectivity index (χ2n) is 5.60. The van der Waals surface area contributed by atoms with Gasteiger partial charge in [0.05, 0.1) is 18.8 Å². The average molecular weight is 325 g/mol. The molecule has 0 aliphatic rings. The van der Waals surface area contributed by atoms with Gasteiger partial charge >= 0.3 is 0 Å². The zero-order valence-corrected chi connectivity index (χ0v) is 14.6. The zero-order chi connectivity index (χ0) is 15.2. The lowest BCUT2D eigenvalue weighted by molar-refractivity contribution is 0.107. The third-order valence-corrected chi connectivity index (χ3v) is 5.25. The van der Waals surface area contributed by atoms with Crippen LogP contribution in [0.25, 0.3) is 0 Å². The van der Waals surface area contributed by atoms with Crippen LogP contribution >= 0.6 is 22.7 Å². The molecule has 1 atom stereocenters. The molecule has 0 bridgehead atoms. The van der Waals surface area contributed by atoms with Gasteiger partial charge in [-0.2, -0.15) is 11.3 Å². The minimum Gasteiger partial charge on any atom is -0.395 e. The van der Waals surface area contributed by atoms with E-state index in [-0.39, 0.29) is 12.6 Å². The lowest BCUT2D eigenvalue weighted by atomic mass is 10.1. The minimum atomic E-state index is 0.191. The first-order chi connectivity index (χ1) is 10.1. The summed E-state index contributed by atoms with van der Waals surface area (Å²) in [4.78, 5) is 7.07. The number of aliphatic hydroxyl groups excluding tert-OH is 1. The third-order valence-electron chi connectivity index (χ3n) is 3.66. The highest BCUT2D eigenvalue weighted by Crippen LogP contribution is 2.22. The summed E-state index contributed by atoms with van der Waals surface area (Å²) in [6, 6.07) is 2.35. The maximum atomic E-state index is 9.64. The van der Waals surface area contributed by atoms with Crippen LogP contribution in [0.1, 0.15) is 49.4 Å². The van der Waals surface area contributed by atoms with Gasteiger partial charge < -0.3 is 5.11 Å².